The molecule has 1 unspecified atom stereocenters. The lowest BCUT2D eigenvalue weighted by atomic mass is 9.87. The second-order valence-electron chi connectivity index (χ2n) is 10.7. The maximum absolute atomic E-state index is 3.59. The molecule has 1 saturated carbocycles. The maximum atomic E-state index is 3.59. The van der Waals surface area contributed by atoms with Crippen molar-refractivity contribution in [3.8, 4) is 0 Å². The summed E-state index contributed by atoms with van der Waals surface area (Å²) in [6.07, 6.45) is 11.6. The fourth-order valence-corrected chi connectivity index (χ4v) is 5.00. The van der Waals surface area contributed by atoms with E-state index in [1.807, 2.05) is 13.8 Å². The molecule has 0 aromatic heterocycles. The number of allylic oxidation sites excluding steroid dienone is 3. The Morgan fingerprint density at radius 1 is 0.811 bits per heavy atom. The van der Waals surface area contributed by atoms with Gasteiger partial charge >= 0.3 is 0 Å². The molecule has 0 spiro atoms. The first-order valence-corrected chi connectivity index (χ1v) is 15.0. The second kappa shape index (κ2) is 17.3. The van der Waals surface area contributed by atoms with Crippen molar-refractivity contribution in [2.75, 3.05) is 0 Å². The Kier molecular flexibility index (Phi) is 15.3. The van der Waals surface area contributed by atoms with Gasteiger partial charge in [-0.15, -0.1) is 0 Å². The highest BCUT2D eigenvalue weighted by atomic mass is 14.9. The van der Waals surface area contributed by atoms with E-state index >= 15 is 0 Å². The highest BCUT2D eigenvalue weighted by Crippen LogP contribution is 2.32. The van der Waals surface area contributed by atoms with E-state index in [9.17, 15) is 0 Å². The van der Waals surface area contributed by atoms with Gasteiger partial charge in [-0.2, -0.15) is 0 Å². The van der Waals surface area contributed by atoms with Crippen LogP contribution in [0.15, 0.2) is 53.7 Å². The molecule has 0 amide bonds. The summed E-state index contributed by atoms with van der Waals surface area (Å²) in [4.78, 5) is 0. The topological polar surface area (TPSA) is 12.0 Å². The summed E-state index contributed by atoms with van der Waals surface area (Å²) in [6, 6.07) is 13.9. The Hall–Kier alpha value is -2.28. The molecular weight excluding hydrogens is 446 g/mol. The van der Waals surface area contributed by atoms with E-state index in [4.69, 9.17) is 0 Å². The van der Waals surface area contributed by atoms with Crippen molar-refractivity contribution in [3.05, 3.63) is 87.1 Å². The zero-order chi connectivity index (χ0) is 28.0. The number of aryl methyl sites for hydroxylation is 4. The molecule has 0 bridgehead atoms. The lowest BCUT2D eigenvalue weighted by molar-refractivity contribution is 0.715. The SMILES string of the molecule is CC.CC1=CC(C)NC(C)=C1c1ccccc1CCc1c(C)cc(C)cc1C.CCC1CC1.CCCC. The summed E-state index contributed by atoms with van der Waals surface area (Å²) in [7, 11) is 0. The first kappa shape index (κ1) is 32.7. The smallest absolute Gasteiger partial charge is 0.0419 e. The summed E-state index contributed by atoms with van der Waals surface area (Å²) in [6.45, 7) is 23.9. The van der Waals surface area contributed by atoms with Crippen LogP contribution < -0.4 is 5.32 Å². The minimum Gasteiger partial charge on any atom is -0.382 e. The van der Waals surface area contributed by atoms with Crippen molar-refractivity contribution >= 4 is 5.57 Å². The molecule has 4 rings (SSSR count). The molecule has 1 aliphatic heterocycles. The molecule has 1 nitrogen and oxygen atoms in total. The number of unbranched alkanes of at least 4 members (excludes halogenated alkanes) is 1. The molecule has 1 N–H and O–H groups in total. The summed E-state index contributed by atoms with van der Waals surface area (Å²) in [5, 5.41) is 3.59. The van der Waals surface area contributed by atoms with Crippen LogP contribution in [0.2, 0.25) is 0 Å². The number of hydrogen-bond donors (Lipinski definition) is 1. The summed E-state index contributed by atoms with van der Waals surface area (Å²) >= 11 is 0. The van der Waals surface area contributed by atoms with Crippen molar-refractivity contribution in [2.24, 2.45) is 5.92 Å². The predicted octanol–water partition coefficient (Wildman–Crippen LogP) is 10.7. The molecule has 2 aromatic carbocycles. The van der Waals surface area contributed by atoms with E-state index in [2.05, 4.69) is 110 Å². The monoisotopic (exact) mass is 503 g/mol. The van der Waals surface area contributed by atoms with E-state index in [1.54, 1.807) is 0 Å². The van der Waals surface area contributed by atoms with Crippen molar-refractivity contribution < 1.29 is 0 Å². The number of rotatable bonds is 6. The second-order valence-corrected chi connectivity index (χ2v) is 10.7. The minimum absolute atomic E-state index is 0.406. The summed E-state index contributed by atoms with van der Waals surface area (Å²) in [5.74, 6) is 1.13. The fourth-order valence-electron chi connectivity index (χ4n) is 5.00. The number of benzene rings is 2. The van der Waals surface area contributed by atoms with E-state index < -0.39 is 0 Å². The molecule has 1 atom stereocenters. The van der Waals surface area contributed by atoms with E-state index in [0.29, 0.717) is 6.04 Å². The van der Waals surface area contributed by atoms with Gasteiger partial charge in [0, 0.05) is 17.3 Å². The molecule has 2 aromatic rings. The zero-order valence-electron chi connectivity index (χ0n) is 26.1. The number of hydrogen-bond acceptors (Lipinski definition) is 1. The van der Waals surface area contributed by atoms with Crippen LogP contribution in [0.1, 0.15) is 121 Å². The molecule has 1 heteroatoms. The third-order valence-corrected chi connectivity index (χ3v) is 7.26. The van der Waals surface area contributed by atoms with Gasteiger partial charge in [0.15, 0.2) is 0 Å². The molecule has 37 heavy (non-hydrogen) atoms. The van der Waals surface area contributed by atoms with Gasteiger partial charge < -0.3 is 5.32 Å². The first-order valence-electron chi connectivity index (χ1n) is 15.0. The van der Waals surface area contributed by atoms with Gasteiger partial charge in [-0.25, -0.2) is 0 Å². The third-order valence-electron chi connectivity index (χ3n) is 7.26. The van der Waals surface area contributed by atoms with Crippen LogP contribution in [0, 0.1) is 26.7 Å². The van der Waals surface area contributed by atoms with Crippen molar-refractivity contribution in [1.29, 1.82) is 0 Å². The summed E-state index contributed by atoms with van der Waals surface area (Å²) in [5.41, 5.74) is 12.5. The lowest BCUT2D eigenvalue weighted by Gasteiger charge is -2.25. The van der Waals surface area contributed by atoms with Gasteiger partial charge in [0.05, 0.1) is 0 Å². The van der Waals surface area contributed by atoms with E-state index in [1.165, 1.54) is 82.3 Å². The Bertz CT molecular complexity index is 978. The lowest BCUT2D eigenvalue weighted by Crippen LogP contribution is -2.27. The molecule has 0 radical (unpaired) electrons. The van der Waals surface area contributed by atoms with Crippen LogP contribution in [0.25, 0.3) is 5.57 Å². The molecule has 0 saturated heterocycles. The Morgan fingerprint density at radius 3 is 1.84 bits per heavy atom. The summed E-state index contributed by atoms with van der Waals surface area (Å²) < 4.78 is 0. The van der Waals surface area contributed by atoms with Crippen LogP contribution in [0.3, 0.4) is 0 Å². The normalized spacial score (nSPS) is 16.2. The van der Waals surface area contributed by atoms with Crippen LogP contribution in [0.4, 0.5) is 0 Å². The number of dihydropyridines is 1. The fraction of sp³-hybridized carbons (Fsp3) is 0.556. The number of nitrogens with one attached hydrogen (secondary N) is 1. The van der Waals surface area contributed by atoms with Gasteiger partial charge in [-0.05, 0) is 93.7 Å². The van der Waals surface area contributed by atoms with Gasteiger partial charge in [0.25, 0.3) is 0 Å². The standard InChI is InChI=1S/C25H31N.C5H10.C4H10.C2H6/c1-16-13-17(2)23(18(3)14-16)12-11-22-9-7-8-10-24(22)25-19(4)15-20(5)26-21(25)6;1-2-5-3-4-5;1-3-4-2;1-2/h7-10,13-15,20,26H,11-12H2,1-6H3;5H,2-4H2,1H3;3-4H2,1-2H3;1-2H3. The molecule has 1 aliphatic carbocycles. The van der Waals surface area contributed by atoms with Gasteiger partial charge in [0.1, 0.15) is 0 Å². The Balaban J connectivity index is 0.000000522. The van der Waals surface area contributed by atoms with Gasteiger partial charge in [0.2, 0.25) is 0 Å². The van der Waals surface area contributed by atoms with Crippen molar-refractivity contribution in [2.45, 2.75) is 127 Å². The van der Waals surface area contributed by atoms with Crippen molar-refractivity contribution in [3.63, 3.8) is 0 Å². The van der Waals surface area contributed by atoms with Crippen LogP contribution in [-0.2, 0) is 12.8 Å². The predicted molar refractivity (Wildman–Crippen MR) is 168 cm³/mol. The average Bonchev–Trinajstić information content (AvgIpc) is 3.70. The minimum atomic E-state index is 0.406. The zero-order valence-corrected chi connectivity index (χ0v) is 26.1. The Labute approximate surface area is 230 Å². The van der Waals surface area contributed by atoms with Gasteiger partial charge in [-0.1, -0.05) is 115 Å². The molecular formula is C36H57N. The van der Waals surface area contributed by atoms with Crippen LogP contribution in [-0.4, -0.2) is 6.04 Å². The van der Waals surface area contributed by atoms with Crippen molar-refractivity contribution in [1.82, 2.24) is 5.32 Å². The molecule has 1 fully saturated rings. The highest BCUT2D eigenvalue weighted by Gasteiger charge is 2.18. The van der Waals surface area contributed by atoms with E-state index in [-0.39, 0.29) is 0 Å². The Morgan fingerprint density at radius 2 is 1.38 bits per heavy atom. The molecule has 2 aliphatic rings. The quantitative estimate of drug-likeness (QED) is 0.413. The maximum Gasteiger partial charge on any atom is 0.0419 e. The largest absolute Gasteiger partial charge is 0.382 e. The van der Waals surface area contributed by atoms with Crippen LogP contribution in [0.5, 0.6) is 0 Å². The molecule has 206 valence electrons. The average molecular weight is 504 g/mol. The third kappa shape index (κ3) is 10.9. The first-order chi connectivity index (χ1) is 17.7. The molecule has 1 heterocycles. The highest BCUT2D eigenvalue weighted by molar-refractivity contribution is 5.83. The van der Waals surface area contributed by atoms with E-state index in [0.717, 1.165) is 18.8 Å². The van der Waals surface area contributed by atoms with Gasteiger partial charge in [-0.3, -0.25) is 0 Å². The van der Waals surface area contributed by atoms with Crippen LogP contribution >= 0.6 is 0 Å².